The summed E-state index contributed by atoms with van der Waals surface area (Å²) in [4.78, 5) is 32.2. The number of carbonyl (C=O) groups excluding carboxylic acids is 2. The summed E-state index contributed by atoms with van der Waals surface area (Å²) in [5.41, 5.74) is 2.31. The fourth-order valence-corrected chi connectivity index (χ4v) is 4.99. The maximum atomic E-state index is 13.3. The Balaban J connectivity index is 1.50. The molecule has 8 heteroatoms. The van der Waals surface area contributed by atoms with Gasteiger partial charge in [0.15, 0.2) is 0 Å². The summed E-state index contributed by atoms with van der Waals surface area (Å²) in [6, 6.07) is 12.1. The first kappa shape index (κ1) is 24.6. The van der Waals surface area contributed by atoms with Gasteiger partial charge in [-0.05, 0) is 61.2 Å². The van der Waals surface area contributed by atoms with E-state index in [2.05, 4.69) is 4.98 Å². The molecule has 2 aliphatic rings. The van der Waals surface area contributed by atoms with E-state index >= 15 is 0 Å². The van der Waals surface area contributed by atoms with Crippen molar-refractivity contribution in [2.75, 3.05) is 13.2 Å². The molecule has 192 valence electrons. The number of ketones is 1. The molecule has 2 aliphatic heterocycles. The van der Waals surface area contributed by atoms with Crippen molar-refractivity contribution in [3.63, 3.8) is 0 Å². The van der Waals surface area contributed by atoms with Crippen molar-refractivity contribution in [1.29, 1.82) is 0 Å². The molecule has 0 unspecified atom stereocenters. The lowest BCUT2D eigenvalue weighted by molar-refractivity contribution is -0.139. The third kappa shape index (κ3) is 4.96. The Morgan fingerprint density at radius 2 is 1.97 bits per heavy atom. The number of nitrogens with zero attached hydrogens (tertiary/aromatic N) is 3. The van der Waals surface area contributed by atoms with Crippen LogP contribution in [-0.2, 0) is 22.6 Å². The number of ether oxygens (including phenoxy) is 2. The summed E-state index contributed by atoms with van der Waals surface area (Å²) in [5, 5.41) is 11.4. The van der Waals surface area contributed by atoms with Gasteiger partial charge in [0.05, 0.1) is 24.5 Å². The fourth-order valence-electron chi connectivity index (χ4n) is 4.99. The number of aryl methyl sites for hydroxylation is 1. The van der Waals surface area contributed by atoms with Crippen LogP contribution in [-0.4, -0.2) is 50.5 Å². The molecule has 0 spiro atoms. The number of fused-ring (bicyclic) bond motifs is 1. The number of imidazole rings is 1. The van der Waals surface area contributed by atoms with E-state index in [1.807, 2.05) is 61.0 Å². The lowest BCUT2D eigenvalue weighted by Crippen LogP contribution is -2.31. The Bertz CT molecular complexity index is 1310. The molecule has 5 rings (SSSR count). The van der Waals surface area contributed by atoms with E-state index < -0.39 is 17.7 Å². The number of hydrogen-bond donors (Lipinski definition) is 1. The Hall–Kier alpha value is -4.07. The zero-order valence-corrected chi connectivity index (χ0v) is 21.1. The Morgan fingerprint density at radius 1 is 1.16 bits per heavy atom. The molecular weight excluding hydrogens is 470 g/mol. The van der Waals surface area contributed by atoms with Crippen LogP contribution in [0.15, 0.2) is 66.8 Å². The second-order valence-electron chi connectivity index (χ2n) is 9.52. The predicted molar refractivity (Wildman–Crippen MR) is 138 cm³/mol. The molecule has 1 fully saturated rings. The van der Waals surface area contributed by atoms with Crippen LogP contribution in [0.25, 0.3) is 5.76 Å². The third-order valence-electron chi connectivity index (χ3n) is 6.75. The second kappa shape index (κ2) is 10.5. The van der Waals surface area contributed by atoms with Gasteiger partial charge in [0, 0.05) is 37.5 Å². The summed E-state index contributed by atoms with van der Waals surface area (Å²) < 4.78 is 13.4. The highest BCUT2D eigenvalue weighted by Gasteiger charge is 2.45. The monoisotopic (exact) mass is 501 g/mol. The summed E-state index contributed by atoms with van der Waals surface area (Å²) in [6.45, 7) is 5.64. The van der Waals surface area contributed by atoms with Crippen molar-refractivity contribution in [1.82, 2.24) is 14.5 Å². The van der Waals surface area contributed by atoms with Gasteiger partial charge in [0.1, 0.15) is 23.4 Å². The number of aliphatic hydroxyl groups excluding tert-OH is 1. The van der Waals surface area contributed by atoms with Gasteiger partial charge in [-0.1, -0.05) is 19.1 Å². The third-order valence-corrected chi connectivity index (χ3v) is 6.75. The van der Waals surface area contributed by atoms with Crippen LogP contribution in [0.3, 0.4) is 0 Å². The number of carbonyl (C=O) groups is 2. The summed E-state index contributed by atoms with van der Waals surface area (Å²) >= 11 is 0. The van der Waals surface area contributed by atoms with Crippen molar-refractivity contribution < 1.29 is 24.2 Å². The molecule has 3 heterocycles. The summed E-state index contributed by atoms with van der Waals surface area (Å²) in [6.07, 6.45) is 7.59. The number of aliphatic hydroxyl groups is 1. The lowest BCUT2D eigenvalue weighted by atomic mass is 9.94. The van der Waals surface area contributed by atoms with Gasteiger partial charge in [-0.2, -0.15) is 0 Å². The molecule has 2 atom stereocenters. The van der Waals surface area contributed by atoms with Crippen LogP contribution in [0.2, 0.25) is 0 Å². The fraction of sp³-hybridized carbons (Fsp3) is 0.345. The van der Waals surface area contributed by atoms with Gasteiger partial charge in [-0.15, -0.1) is 0 Å². The minimum absolute atomic E-state index is 0.0573. The molecular formula is C29H31N3O5. The Kier molecular flexibility index (Phi) is 6.99. The number of amides is 1. The smallest absolute Gasteiger partial charge is 0.295 e. The molecule has 1 aromatic heterocycles. The topological polar surface area (TPSA) is 93.9 Å². The van der Waals surface area contributed by atoms with Crippen molar-refractivity contribution in [3.05, 3.63) is 83.4 Å². The first-order valence-electron chi connectivity index (χ1n) is 12.7. The molecule has 1 N–H and O–H groups in total. The van der Waals surface area contributed by atoms with Gasteiger partial charge < -0.3 is 24.0 Å². The maximum absolute atomic E-state index is 13.3. The zero-order chi connectivity index (χ0) is 25.9. The average Bonchev–Trinajstić information content (AvgIpc) is 3.61. The first-order valence-corrected chi connectivity index (χ1v) is 12.7. The highest BCUT2D eigenvalue weighted by atomic mass is 16.5. The lowest BCUT2D eigenvalue weighted by Gasteiger charge is -2.25. The normalized spacial score (nSPS) is 20.2. The van der Waals surface area contributed by atoms with E-state index in [1.54, 1.807) is 23.5 Å². The molecule has 0 saturated carbocycles. The average molecular weight is 502 g/mol. The number of Topliss-reactive ketones (excluding diaryl/α,β-unsaturated/α-hetero) is 1. The maximum Gasteiger partial charge on any atom is 0.295 e. The Labute approximate surface area is 216 Å². The van der Waals surface area contributed by atoms with Crippen molar-refractivity contribution >= 4 is 17.4 Å². The van der Waals surface area contributed by atoms with Crippen LogP contribution < -0.4 is 9.47 Å². The van der Waals surface area contributed by atoms with Crippen LogP contribution >= 0.6 is 0 Å². The molecule has 8 nitrogen and oxygen atoms in total. The molecule has 0 aliphatic carbocycles. The molecule has 1 saturated heterocycles. The highest BCUT2D eigenvalue weighted by Crippen LogP contribution is 2.41. The molecule has 0 radical (unpaired) electrons. The van der Waals surface area contributed by atoms with Crippen LogP contribution in [0.1, 0.15) is 49.4 Å². The number of likely N-dealkylation sites (tertiary alicyclic amines) is 1. The van der Waals surface area contributed by atoms with E-state index in [1.165, 1.54) is 0 Å². The minimum atomic E-state index is -0.702. The van der Waals surface area contributed by atoms with Crippen molar-refractivity contribution in [2.24, 2.45) is 0 Å². The zero-order valence-electron chi connectivity index (χ0n) is 21.1. The number of aromatic nitrogens is 2. The van der Waals surface area contributed by atoms with E-state index in [9.17, 15) is 14.7 Å². The second-order valence-corrected chi connectivity index (χ2v) is 9.52. The van der Waals surface area contributed by atoms with Gasteiger partial charge in [-0.25, -0.2) is 4.98 Å². The number of benzene rings is 2. The first-order chi connectivity index (χ1) is 18.0. The summed E-state index contributed by atoms with van der Waals surface area (Å²) in [5.74, 6) is 0.0379. The van der Waals surface area contributed by atoms with Gasteiger partial charge in [0.2, 0.25) is 0 Å². The standard InChI is InChI=1S/C29H31N3O5/c1-3-15-36-23-8-5-20(6-9-23)26-25(27(33)21-7-10-24-22(17-21)16-19(2)37-24)28(34)29(35)32(26)13-4-12-31-14-11-30-18-31/h5-11,14,17-19,26,33H,3-4,12-13,15-16H2,1-2H3/t19-,26+/m0/s1. The predicted octanol–water partition coefficient (Wildman–Crippen LogP) is 4.51. The quantitative estimate of drug-likeness (QED) is 0.264. The van der Waals surface area contributed by atoms with E-state index in [-0.39, 0.29) is 17.4 Å². The molecule has 0 bridgehead atoms. The van der Waals surface area contributed by atoms with Crippen LogP contribution in [0.4, 0.5) is 0 Å². The summed E-state index contributed by atoms with van der Waals surface area (Å²) in [7, 11) is 0. The largest absolute Gasteiger partial charge is 0.507 e. The molecule has 37 heavy (non-hydrogen) atoms. The molecule has 3 aromatic rings. The van der Waals surface area contributed by atoms with Crippen LogP contribution in [0, 0.1) is 0 Å². The van der Waals surface area contributed by atoms with E-state index in [4.69, 9.17) is 9.47 Å². The van der Waals surface area contributed by atoms with Crippen molar-refractivity contribution in [2.45, 2.75) is 51.8 Å². The minimum Gasteiger partial charge on any atom is -0.507 e. The van der Waals surface area contributed by atoms with Gasteiger partial charge in [0.25, 0.3) is 11.7 Å². The number of rotatable bonds is 9. The van der Waals surface area contributed by atoms with Crippen LogP contribution in [0.5, 0.6) is 11.5 Å². The molecule has 1 amide bonds. The van der Waals surface area contributed by atoms with E-state index in [0.717, 1.165) is 35.5 Å². The van der Waals surface area contributed by atoms with Gasteiger partial charge in [-0.3, -0.25) is 9.59 Å². The highest BCUT2D eigenvalue weighted by molar-refractivity contribution is 6.46. The van der Waals surface area contributed by atoms with Crippen molar-refractivity contribution in [3.8, 4) is 11.5 Å². The Morgan fingerprint density at radius 3 is 2.70 bits per heavy atom. The number of hydrogen-bond acceptors (Lipinski definition) is 6. The molecule has 2 aromatic carbocycles. The SMILES string of the molecule is CCCOc1ccc([C@@H]2C(=C(O)c3ccc4c(c3)C[C@H](C)O4)C(=O)C(=O)N2CCCn2ccnc2)cc1. The van der Waals surface area contributed by atoms with E-state index in [0.29, 0.717) is 31.7 Å². The van der Waals surface area contributed by atoms with Gasteiger partial charge >= 0.3 is 0 Å².